The number of hydrogen-bond acceptors (Lipinski definition) is 7. The summed E-state index contributed by atoms with van der Waals surface area (Å²) in [5.41, 5.74) is 5.88. The van der Waals surface area contributed by atoms with E-state index in [0.29, 0.717) is 29.1 Å². The molecule has 7 nitrogen and oxygen atoms in total. The number of hydrogen-bond donors (Lipinski definition) is 1. The Morgan fingerprint density at radius 2 is 2.15 bits per heavy atom. The molecular weight excluding hydrogens is 374 g/mol. The first-order chi connectivity index (χ1) is 12.4. The van der Waals surface area contributed by atoms with Gasteiger partial charge in [-0.25, -0.2) is 9.97 Å². The third-order valence-corrected chi connectivity index (χ3v) is 4.65. The molecule has 0 spiro atoms. The van der Waals surface area contributed by atoms with Gasteiger partial charge in [0.05, 0.1) is 18.0 Å². The maximum Gasteiger partial charge on any atom is 0.235 e. The first-order valence-electron chi connectivity index (χ1n) is 7.73. The number of nitrogen functional groups attached to an aromatic ring is 1. The molecule has 1 atom stereocenters. The highest BCUT2D eigenvalue weighted by molar-refractivity contribution is 8.00. The average Bonchev–Trinajstić information content (AvgIpc) is 2.62. The molecule has 0 aliphatic rings. The molecule has 0 bridgehead atoms. The van der Waals surface area contributed by atoms with Crippen LogP contribution in [0.2, 0.25) is 5.02 Å². The fourth-order valence-corrected chi connectivity index (χ4v) is 2.97. The Labute approximate surface area is 161 Å². The highest BCUT2D eigenvalue weighted by Crippen LogP contribution is 2.22. The van der Waals surface area contributed by atoms with Gasteiger partial charge in [-0.3, -0.25) is 4.79 Å². The van der Waals surface area contributed by atoms with Crippen LogP contribution in [0.3, 0.4) is 0 Å². The van der Waals surface area contributed by atoms with Crippen molar-refractivity contribution in [1.82, 2.24) is 14.9 Å². The summed E-state index contributed by atoms with van der Waals surface area (Å²) >= 11 is 7.01. The van der Waals surface area contributed by atoms with Crippen LogP contribution in [0.15, 0.2) is 35.6 Å². The fourth-order valence-electron chi connectivity index (χ4n) is 1.98. The van der Waals surface area contributed by atoms with Crippen molar-refractivity contribution in [2.24, 2.45) is 0 Å². The molecule has 0 fully saturated rings. The number of nitrogens with two attached hydrogens (primary N) is 1. The largest absolute Gasteiger partial charge is 0.492 e. The molecular formula is C17H18ClN5O2S. The number of ether oxygens (including phenoxy) is 1. The van der Waals surface area contributed by atoms with E-state index in [1.165, 1.54) is 18.0 Å². The van der Waals surface area contributed by atoms with Gasteiger partial charge in [-0.05, 0) is 31.2 Å². The minimum atomic E-state index is -0.400. The van der Waals surface area contributed by atoms with Gasteiger partial charge in [0.1, 0.15) is 29.8 Å². The Morgan fingerprint density at radius 3 is 2.77 bits per heavy atom. The van der Waals surface area contributed by atoms with Gasteiger partial charge >= 0.3 is 0 Å². The van der Waals surface area contributed by atoms with E-state index >= 15 is 0 Å². The van der Waals surface area contributed by atoms with Crippen LogP contribution in [-0.4, -0.2) is 46.2 Å². The molecule has 0 saturated heterocycles. The van der Waals surface area contributed by atoms with Crippen molar-refractivity contribution >= 4 is 35.1 Å². The van der Waals surface area contributed by atoms with E-state index in [4.69, 9.17) is 27.3 Å². The summed E-state index contributed by atoms with van der Waals surface area (Å²) < 4.78 is 5.59. The van der Waals surface area contributed by atoms with Crippen molar-refractivity contribution in [2.75, 3.05) is 25.9 Å². The molecule has 1 heterocycles. The lowest BCUT2D eigenvalue weighted by Crippen LogP contribution is -2.36. The predicted molar refractivity (Wildman–Crippen MR) is 101 cm³/mol. The molecule has 0 radical (unpaired) electrons. The quantitative estimate of drug-likeness (QED) is 0.571. The van der Waals surface area contributed by atoms with Gasteiger partial charge in [0.25, 0.3) is 0 Å². The number of thioether (sulfide) groups is 1. The van der Waals surface area contributed by atoms with Crippen LogP contribution in [0, 0.1) is 11.3 Å². The number of anilines is 1. The molecule has 136 valence electrons. The minimum absolute atomic E-state index is 0.0822. The van der Waals surface area contributed by atoms with Gasteiger partial charge in [-0.1, -0.05) is 23.4 Å². The molecule has 2 aromatic rings. The van der Waals surface area contributed by atoms with Gasteiger partial charge in [0.2, 0.25) is 5.91 Å². The number of carbonyl (C=O) groups excluding carboxylic acids is 1. The van der Waals surface area contributed by atoms with Gasteiger partial charge in [0.15, 0.2) is 5.16 Å². The Hall–Kier alpha value is -2.50. The van der Waals surface area contributed by atoms with Crippen LogP contribution in [0.4, 0.5) is 5.82 Å². The van der Waals surface area contributed by atoms with Crippen LogP contribution in [0.5, 0.6) is 5.75 Å². The SMILES string of the molecule is CC(Sc1ncc(C#N)c(N)n1)C(=O)N(C)CCOc1ccc(Cl)cc1. The molecule has 0 saturated carbocycles. The van der Waals surface area contributed by atoms with Gasteiger partial charge in [-0.2, -0.15) is 5.26 Å². The molecule has 2 N–H and O–H groups in total. The summed E-state index contributed by atoms with van der Waals surface area (Å²) in [7, 11) is 1.71. The smallest absolute Gasteiger partial charge is 0.235 e. The number of halogens is 1. The van der Waals surface area contributed by atoms with E-state index in [1.807, 2.05) is 6.07 Å². The fraction of sp³-hybridized carbons (Fsp3) is 0.294. The second-order valence-corrected chi connectivity index (χ2v) is 7.13. The molecule has 1 unspecified atom stereocenters. The van der Waals surface area contributed by atoms with Crippen LogP contribution >= 0.6 is 23.4 Å². The van der Waals surface area contributed by atoms with Gasteiger partial charge in [0, 0.05) is 12.1 Å². The highest BCUT2D eigenvalue weighted by atomic mass is 35.5. The normalized spacial score (nSPS) is 11.5. The maximum atomic E-state index is 12.4. The van der Waals surface area contributed by atoms with E-state index < -0.39 is 5.25 Å². The molecule has 1 aromatic heterocycles. The van der Waals surface area contributed by atoms with Crippen LogP contribution in [-0.2, 0) is 4.79 Å². The standard InChI is InChI=1S/C17H18ClN5O2S/c1-11(26-17-21-10-12(9-19)15(20)22-17)16(24)23(2)7-8-25-14-5-3-13(18)4-6-14/h3-6,10-11H,7-8H2,1-2H3,(H2,20,21,22). The number of rotatable bonds is 7. The van der Waals surface area contributed by atoms with Crippen molar-refractivity contribution in [3.8, 4) is 11.8 Å². The van der Waals surface area contributed by atoms with E-state index in [2.05, 4.69) is 9.97 Å². The molecule has 2 rings (SSSR count). The zero-order chi connectivity index (χ0) is 19.1. The number of carbonyl (C=O) groups is 1. The number of aromatic nitrogens is 2. The number of nitriles is 1. The van der Waals surface area contributed by atoms with Crippen LogP contribution in [0.1, 0.15) is 12.5 Å². The van der Waals surface area contributed by atoms with E-state index in [0.717, 1.165) is 0 Å². The number of likely N-dealkylation sites (N-methyl/N-ethyl adjacent to an activating group) is 1. The summed E-state index contributed by atoms with van der Waals surface area (Å²) in [4.78, 5) is 22.1. The lowest BCUT2D eigenvalue weighted by atomic mass is 10.3. The lowest BCUT2D eigenvalue weighted by molar-refractivity contribution is -0.129. The van der Waals surface area contributed by atoms with E-state index in [9.17, 15) is 4.79 Å². The summed E-state index contributed by atoms with van der Waals surface area (Å²) in [6, 6.07) is 8.93. The number of amides is 1. The maximum absolute atomic E-state index is 12.4. The van der Waals surface area contributed by atoms with Crippen molar-refractivity contribution in [3.63, 3.8) is 0 Å². The molecule has 26 heavy (non-hydrogen) atoms. The van der Waals surface area contributed by atoms with Crippen molar-refractivity contribution in [1.29, 1.82) is 5.26 Å². The second-order valence-electron chi connectivity index (χ2n) is 5.39. The van der Waals surface area contributed by atoms with Crippen LogP contribution in [0.25, 0.3) is 0 Å². The topological polar surface area (TPSA) is 105 Å². The average molecular weight is 392 g/mol. The van der Waals surface area contributed by atoms with Crippen LogP contribution < -0.4 is 10.5 Å². The van der Waals surface area contributed by atoms with E-state index in [-0.39, 0.29) is 17.3 Å². The minimum Gasteiger partial charge on any atom is -0.492 e. The Morgan fingerprint density at radius 1 is 1.46 bits per heavy atom. The van der Waals surface area contributed by atoms with Crippen molar-refractivity contribution in [3.05, 3.63) is 41.0 Å². The summed E-state index contributed by atoms with van der Waals surface area (Å²) in [5.74, 6) is 0.717. The zero-order valence-corrected chi connectivity index (χ0v) is 15.9. The molecule has 1 amide bonds. The molecule has 0 aliphatic carbocycles. The first kappa shape index (κ1) is 19.8. The molecule has 1 aromatic carbocycles. The Kier molecular flexibility index (Phi) is 7.06. The zero-order valence-electron chi connectivity index (χ0n) is 14.3. The predicted octanol–water partition coefficient (Wildman–Crippen LogP) is 2.60. The third-order valence-electron chi connectivity index (χ3n) is 3.43. The highest BCUT2D eigenvalue weighted by Gasteiger charge is 2.20. The Balaban J connectivity index is 1.83. The van der Waals surface area contributed by atoms with Crippen molar-refractivity contribution in [2.45, 2.75) is 17.3 Å². The van der Waals surface area contributed by atoms with Gasteiger partial charge < -0.3 is 15.4 Å². The summed E-state index contributed by atoms with van der Waals surface area (Å²) in [6.45, 7) is 2.56. The summed E-state index contributed by atoms with van der Waals surface area (Å²) in [5, 5.41) is 9.43. The second kappa shape index (κ2) is 9.27. The van der Waals surface area contributed by atoms with Gasteiger partial charge in [-0.15, -0.1) is 0 Å². The number of nitrogens with zero attached hydrogens (tertiary/aromatic N) is 4. The number of benzene rings is 1. The Bertz CT molecular complexity index is 810. The molecule has 0 aliphatic heterocycles. The third kappa shape index (κ3) is 5.51. The summed E-state index contributed by atoms with van der Waals surface area (Å²) in [6.07, 6.45) is 1.35. The molecule has 9 heteroatoms. The lowest BCUT2D eigenvalue weighted by Gasteiger charge is -2.21. The van der Waals surface area contributed by atoms with E-state index in [1.54, 1.807) is 43.1 Å². The first-order valence-corrected chi connectivity index (χ1v) is 8.99. The monoisotopic (exact) mass is 391 g/mol. The van der Waals surface area contributed by atoms with Crippen molar-refractivity contribution < 1.29 is 9.53 Å².